The molecule has 0 aromatic carbocycles. The molecule has 1 atom stereocenters. The number of H-pyrrole nitrogens is 1. The Morgan fingerprint density at radius 2 is 1.33 bits per heavy atom. The molecule has 0 saturated carbocycles. The summed E-state index contributed by atoms with van der Waals surface area (Å²) >= 11 is 0. The van der Waals surface area contributed by atoms with Crippen molar-refractivity contribution < 1.29 is 28.7 Å². The van der Waals surface area contributed by atoms with Gasteiger partial charge in [-0.05, 0) is 32.1 Å². The van der Waals surface area contributed by atoms with Crippen molar-refractivity contribution in [1.82, 2.24) is 36.6 Å². The summed E-state index contributed by atoms with van der Waals surface area (Å²) in [4.78, 5) is 46.2. The summed E-state index contributed by atoms with van der Waals surface area (Å²) in [6.07, 6.45) is 19.1. The van der Waals surface area contributed by atoms with Gasteiger partial charge in [-0.1, -0.05) is 75.8 Å². The van der Waals surface area contributed by atoms with Gasteiger partial charge in [0.2, 0.25) is 23.6 Å². The number of aryl methyl sites for hydroxylation is 1. The molecule has 0 bridgehead atoms. The van der Waals surface area contributed by atoms with Crippen LogP contribution < -0.4 is 21.7 Å². The van der Waals surface area contributed by atoms with Gasteiger partial charge in [0, 0.05) is 32.9 Å². The van der Waals surface area contributed by atoms with E-state index < -0.39 is 11.9 Å². The van der Waals surface area contributed by atoms with E-state index in [1.54, 1.807) is 0 Å². The predicted molar refractivity (Wildman–Crippen MR) is 171 cm³/mol. The van der Waals surface area contributed by atoms with E-state index in [0.717, 1.165) is 31.5 Å². The summed E-state index contributed by atoms with van der Waals surface area (Å²) in [6.45, 7) is 3.18. The van der Waals surface area contributed by atoms with Gasteiger partial charge in [0.05, 0.1) is 19.8 Å². The maximum atomic E-state index is 12.0. The molecule has 0 spiro atoms. The van der Waals surface area contributed by atoms with Crippen LogP contribution in [0.4, 0.5) is 0 Å². The molecule has 14 nitrogen and oxygen atoms in total. The van der Waals surface area contributed by atoms with E-state index in [1.807, 2.05) is 0 Å². The molecule has 6 N–H and O–H groups in total. The van der Waals surface area contributed by atoms with Gasteiger partial charge >= 0.3 is 0 Å². The molecule has 0 aliphatic heterocycles. The largest absolute Gasteiger partial charge is 0.377 e. The third kappa shape index (κ3) is 25.9. The lowest BCUT2D eigenvalue weighted by Crippen LogP contribution is -2.43. The summed E-state index contributed by atoms with van der Waals surface area (Å²) in [5.74, 6) is -0.241. The number of hydrogen-bond donors (Lipinski definition) is 5. The Morgan fingerprint density at radius 1 is 0.733 bits per heavy atom. The van der Waals surface area contributed by atoms with Crippen LogP contribution in [0, 0.1) is 0 Å². The maximum Gasteiger partial charge on any atom is 0.245 e. The first-order valence-corrected chi connectivity index (χ1v) is 16.9. The topological polar surface area (TPSA) is 203 Å². The number of aromatic amines is 1. The van der Waals surface area contributed by atoms with Gasteiger partial charge in [0.1, 0.15) is 12.6 Å². The van der Waals surface area contributed by atoms with E-state index in [4.69, 9.17) is 15.2 Å². The number of unbranched alkanes of at least 4 members (excludes halogenated alkanes) is 13. The second-order valence-corrected chi connectivity index (χ2v) is 11.4. The Hall–Kier alpha value is -3.13. The van der Waals surface area contributed by atoms with Crippen LogP contribution in [0.5, 0.6) is 0 Å². The second-order valence-electron chi connectivity index (χ2n) is 11.4. The van der Waals surface area contributed by atoms with Crippen molar-refractivity contribution in [3.63, 3.8) is 0 Å². The molecule has 4 amide bonds. The lowest BCUT2D eigenvalue weighted by Gasteiger charge is -2.14. The highest BCUT2D eigenvalue weighted by molar-refractivity contribution is 5.85. The minimum atomic E-state index is -0.692. The van der Waals surface area contributed by atoms with Gasteiger partial charge in [-0.15, -0.1) is 10.2 Å². The SMILES string of the molecule is CC(=O)N[C@@H](CCCCNC(=O)COCCOCCNC(=O)CCCCCCCCCCCCCCCc1nn[nH]n1)C(N)=O. The molecule has 0 aliphatic carbocycles. The zero-order valence-corrected chi connectivity index (χ0v) is 27.4. The first kappa shape index (κ1) is 39.9. The monoisotopic (exact) mass is 638 g/mol. The molecule has 0 saturated heterocycles. The third-order valence-corrected chi connectivity index (χ3v) is 7.33. The standard InChI is InChI=1S/C31H58N8O6/c1-26(40)35-27(31(32)43)17-15-16-20-33-30(42)25-45-24-23-44-22-21-34-29(41)19-14-12-10-8-6-4-2-3-5-7-9-11-13-18-28-36-38-39-37-28/h27H,2-25H2,1H3,(H2,32,43)(H,33,42)(H,34,41)(H,35,40)(H,36,37,38,39)/t27-/m0/s1. The number of amides is 4. The number of primary amides is 1. The Bertz CT molecular complexity index is 903. The van der Waals surface area contributed by atoms with Crippen LogP contribution in [0.15, 0.2) is 0 Å². The number of rotatable bonds is 31. The average molecular weight is 639 g/mol. The molecule has 0 radical (unpaired) electrons. The molecule has 0 aliphatic rings. The number of aromatic nitrogens is 4. The fourth-order valence-corrected chi connectivity index (χ4v) is 4.82. The van der Waals surface area contributed by atoms with E-state index in [0.29, 0.717) is 52.0 Å². The molecule has 258 valence electrons. The predicted octanol–water partition coefficient (Wildman–Crippen LogP) is 2.63. The van der Waals surface area contributed by atoms with Crippen molar-refractivity contribution in [2.24, 2.45) is 5.73 Å². The molecule has 14 heteroatoms. The van der Waals surface area contributed by atoms with Gasteiger partial charge in [-0.25, -0.2) is 0 Å². The Balaban J connectivity index is 1.77. The molecule has 45 heavy (non-hydrogen) atoms. The number of ether oxygens (including phenoxy) is 2. The molecular weight excluding hydrogens is 580 g/mol. The Morgan fingerprint density at radius 3 is 1.93 bits per heavy atom. The first-order valence-electron chi connectivity index (χ1n) is 16.9. The van der Waals surface area contributed by atoms with Gasteiger partial charge in [0.15, 0.2) is 5.82 Å². The van der Waals surface area contributed by atoms with Crippen molar-refractivity contribution in [3.8, 4) is 0 Å². The smallest absolute Gasteiger partial charge is 0.245 e. The highest BCUT2D eigenvalue weighted by Gasteiger charge is 2.15. The van der Waals surface area contributed by atoms with E-state index >= 15 is 0 Å². The van der Waals surface area contributed by atoms with Gasteiger partial charge in [0.25, 0.3) is 0 Å². The van der Waals surface area contributed by atoms with Crippen LogP contribution in [0.2, 0.25) is 0 Å². The van der Waals surface area contributed by atoms with Crippen molar-refractivity contribution in [1.29, 1.82) is 0 Å². The molecular formula is C31H58N8O6. The number of hydrogen-bond acceptors (Lipinski definition) is 9. The van der Waals surface area contributed by atoms with Gasteiger partial charge < -0.3 is 31.2 Å². The van der Waals surface area contributed by atoms with E-state index in [2.05, 4.69) is 36.6 Å². The fourth-order valence-electron chi connectivity index (χ4n) is 4.82. The summed E-state index contributed by atoms with van der Waals surface area (Å²) in [5, 5.41) is 22.1. The maximum absolute atomic E-state index is 12.0. The fraction of sp³-hybridized carbons (Fsp3) is 0.839. The van der Waals surface area contributed by atoms with Crippen LogP contribution in [-0.4, -0.2) is 89.8 Å². The van der Waals surface area contributed by atoms with Crippen LogP contribution in [0.3, 0.4) is 0 Å². The number of carbonyl (C=O) groups excluding carboxylic acids is 4. The number of nitrogens with zero attached hydrogens (tertiary/aromatic N) is 3. The van der Waals surface area contributed by atoms with Crippen LogP contribution in [-0.2, 0) is 35.1 Å². The molecule has 1 rings (SSSR count). The summed E-state index contributed by atoms with van der Waals surface area (Å²) in [5.41, 5.74) is 5.26. The molecule has 1 aromatic rings. The molecule has 1 heterocycles. The van der Waals surface area contributed by atoms with E-state index in [9.17, 15) is 19.2 Å². The van der Waals surface area contributed by atoms with Crippen LogP contribution in [0.1, 0.15) is 122 Å². The zero-order chi connectivity index (χ0) is 32.8. The van der Waals surface area contributed by atoms with Crippen molar-refractivity contribution in [3.05, 3.63) is 5.82 Å². The first-order chi connectivity index (χ1) is 21.9. The normalized spacial score (nSPS) is 11.7. The lowest BCUT2D eigenvalue weighted by molar-refractivity contribution is -0.126. The summed E-state index contributed by atoms with van der Waals surface area (Å²) < 4.78 is 10.7. The second kappa shape index (κ2) is 28.4. The van der Waals surface area contributed by atoms with Crippen LogP contribution >= 0.6 is 0 Å². The highest BCUT2D eigenvalue weighted by Crippen LogP contribution is 2.13. The lowest BCUT2D eigenvalue weighted by atomic mass is 10.0. The molecule has 0 unspecified atom stereocenters. The number of nitrogens with one attached hydrogen (secondary N) is 4. The average Bonchev–Trinajstić information content (AvgIpc) is 3.53. The number of tetrazole rings is 1. The number of carbonyl (C=O) groups is 4. The molecule has 0 fully saturated rings. The van der Waals surface area contributed by atoms with Gasteiger partial charge in [-0.2, -0.15) is 5.21 Å². The van der Waals surface area contributed by atoms with Crippen molar-refractivity contribution in [2.45, 2.75) is 129 Å². The van der Waals surface area contributed by atoms with Crippen molar-refractivity contribution in [2.75, 3.05) is 39.5 Å². The van der Waals surface area contributed by atoms with E-state index in [-0.39, 0.29) is 30.9 Å². The summed E-state index contributed by atoms with van der Waals surface area (Å²) in [6, 6.07) is -0.692. The third-order valence-electron chi connectivity index (χ3n) is 7.33. The quantitative estimate of drug-likeness (QED) is 0.0758. The number of nitrogens with two attached hydrogens (primary N) is 1. The van der Waals surface area contributed by atoms with Gasteiger partial charge in [-0.3, -0.25) is 19.2 Å². The summed E-state index contributed by atoms with van der Waals surface area (Å²) in [7, 11) is 0. The highest BCUT2D eigenvalue weighted by atomic mass is 16.5. The zero-order valence-electron chi connectivity index (χ0n) is 27.4. The Kier molecular flexibility index (Phi) is 25.1. The van der Waals surface area contributed by atoms with Crippen LogP contribution in [0.25, 0.3) is 0 Å². The minimum absolute atomic E-state index is 0.0570. The minimum Gasteiger partial charge on any atom is -0.377 e. The van der Waals surface area contributed by atoms with E-state index in [1.165, 1.54) is 71.1 Å². The molecule has 1 aromatic heterocycles. The Labute approximate surface area is 268 Å². The van der Waals surface area contributed by atoms with Crippen molar-refractivity contribution >= 4 is 23.6 Å².